The van der Waals surface area contributed by atoms with Crippen LogP contribution >= 0.6 is 15.9 Å². The van der Waals surface area contributed by atoms with Crippen LogP contribution in [0.15, 0.2) is 93.2 Å². The van der Waals surface area contributed by atoms with E-state index in [1.165, 1.54) is 11.1 Å². The zero-order chi connectivity index (χ0) is 25.1. The molecule has 0 fully saturated rings. The summed E-state index contributed by atoms with van der Waals surface area (Å²) < 4.78 is 2.77. The molecule has 4 aromatic rings. The van der Waals surface area contributed by atoms with E-state index in [2.05, 4.69) is 70.6 Å². The number of hydrogen-bond acceptors (Lipinski definition) is 4. The SMILES string of the molecule is CCC1(C)Cc2ccccc2-c2nc(N/N=C/c3ccc(Br)cc3)n(CCc3ccccc3)c(=O)c21. The number of nitrogens with zero attached hydrogens (tertiary/aromatic N) is 3. The van der Waals surface area contributed by atoms with Crippen LogP contribution < -0.4 is 11.0 Å². The minimum Gasteiger partial charge on any atom is -0.277 e. The second kappa shape index (κ2) is 10.2. The number of halogens is 1. The van der Waals surface area contributed by atoms with Crippen LogP contribution in [0.5, 0.6) is 0 Å². The van der Waals surface area contributed by atoms with Gasteiger partial charge in [-0.05, 0) is 48.1 Å². The third-order valence-electron chi connectivity index (χ3n) is 7.12. The molecule has 0 saturated heterocycles. The van der Waals surface area contributed by atoms with Crippen molar-refractivity contribution in [2.75, 3.05) is 5.43 Å². The third kappa shape index (κ3) is 4.78. The molecule has 182 valence electrons. The maximum atomic E-state index is 14.1. The van der Waals surface area contributed by atoms with Crippen molar-refractivity contribution >= 4 is 28.1 Å². The molecule has 0 amide bonds. The van der Waals surface area contributed by atoms with Crippen molar-refractivity contribution in [2.45, 2.75) is 45.1 Å². The Bertz CT molecular complexity index is 1460. The van der Waals surface area contributed by atoms with Crippen LogP contribution in [0.3, 0.4) is 0 Å². The summed E-state index contributed by atoms with van der Waals surface area (Å²) in [5.41, 5.74) is 8.78. The lowest BCUT2D eigenvalue weighted by atomic mass is 9.69. The Morgan fingerprint density at radius 3 is 2.53 bits per heavy atom. The Labute approximate surface area is 220 Å². The summed E-state index contributed by atoms with van der Waals surface area (Å²) in [6, 6.07) is 26.4. The van der Waals surface area contributed by atoms with E-state index < -0.39 is 0 Å². The Morgan fingerprint density at radius 2 is 1.78 bits per heavy atom. The van der Waals surface area contributed by atoms with E-state index in [9.17, 15) is 4.79 Å². The maximum absolute atomic E-state index is 14.1. The maximum Gasteiger partial charge on any atom is 0.259 e. The van der Waals surface area contributed by atoms with Crippen molar-refractivity contribution in [1.29, 1.82) is 0 Å². The van der Waals surface area contributed by atoms with E-state index in [-0.39, 0.29) is 11.0 Å². The van der Waals surface area contributed by atoms with Crippen molar-refractivity contribution < 1.29 is 0 Å². The average Bonchev–Trinajstić information content (AvgIpc) is 2.90. The number of rotatable bonds is 7. The molecule has 0 saturated carbocycles. The minimum absolute atomic E-state index is 0.0103. The molecule has 36 heavy (non-hydrogen) atoms. The number of benzene rings is 3. The van der Waals surface area contributed by atoms with Crippen molar-refractivity contribution in [3.63, 3.8) is 0 Å². The van der Waals surface area contributed by atoms with Crippen molar-refractivity contribution in [1.82, 2.24) is 9.55 Å². The van der Waals surface area contributed by atoms with Crippen LogP contribution in [0.25, 0.3) is 11.3 Å². The summed E-state index contributed by atoms with van der Waals surface area (Å²) in [7, 11) is 0. The van der Waals surface area contributed by atoms with Gasteiger partial charge in [0.15, 0.2) is 0 Å². The predicted molar refractivity (Wildman–Crippen MR) is 151 cm³/mol. The summed E-state index contributed by atoms with van der Waals surface area (Å²) in [5.74, 6) is 0.457. The lowest BCUT2D eigenvalue weighted by Gasteiger charge is -2.35. The highest BCUT2D eigenvalue weighted by Crippen LogP contribution is 2.42. The number of anilines is 1. The van der Waals surface area contributed by atoms with E-state index in [1.807, 2.05) is 48.5 Å². The van der Waals surface area contributed by atoms with E-state index >= 15 is 0 Å². The summed E-state index contributed by atoms with van der Waals surface area (Å²) in [4.78, 5) is 19.2. The summed E-state index contributed by atoms with van der Waals surface area (Å²) in [5, 5.41) is 4.45. The van der Waals surface area contributed by atoms with Gasteiger partial charge in [-0.25, -0.2) is 10.4 Å². The number of hydrogen-bond donors (Lipinski definition) is 1. The normalized spacial score (nSPS) is 16.5. The number of hydrazone groups is 1. The van der Waals surface area contributed by atoms with Gasteiger partial charge in [0.1, 0.15) is 0 Å². The standard InChI is InChI=1S/C30H29BrN4O/c1-3-30(2)19-23-11-7-8-12-25(23)27-26(30)28(36)35(18-17-21-9-5-4-6-10-21)29(33-27)34-32-20-22-13-15-24(31)16-14-22/h4-16,20H,3,17-19H2,1-2H3,(H,33,34)/b32-20+. The minimum atomic E-state index is -0.276. The van der Waals surface area contributed by atoms with Crippen molar-refractivity contribution in [3.05, 3.63) is 116 Å². The molecule has 1 unspecified atom stereocenters. The molecular formula is C30H29BrN4O. The molecule has 3 aromatic carbocycles. The number of nitrogens with one attached hydrogen (secondary N) is 1. The van der Waals surface area contributed by atoms with Gasteiger partial charge in [-0.3, -0.25) is 9.36 Å². The molecule has 0 radical (unpaired) electrons. The van der Waals surface area contributed by atoms with E-state index in [0.29, 0.717) is 12.5 Å². The Kier molecular flexibility index (Phi) is 6.88. The molecule has 1 atom stereocenters. The van der Waals surface area contributed by atoms with Crippen LogP contribution in [0, 0.1) is 0 Å². The molecule has 6 heteroatoms. The fourth-order valence-electron chi connectivity index (χ4n) is 4.90. The third-order valence-corrected chi connectivity index (χ3v) is 7.65. The van der Waals surface area contributed by atoms with E-state index in [4.69, 9.17) is 4.98 Å². The topological polar surface area (TPSA) is 59.3 Å². The monoisotopic (exact) mass is 540 g/mol. The molecule has 1 aromatic heterocycles. The van der Waals surface area contributed by atoms with Gasteiger partial charge < -0.3 is 0 Å². The molecule has 1 aliphatic carbocycles. The van der Waals surface area contributed by atoms with Gasteiger partial charge in [0.2, 0.25) is 5.95 Å². The lowest BCUT2D eigenvalue weighted by Crippen LogP contribution is -2.40. The van der Waals surface area contributed by atoms with Crippen molar-refractivity contribution in [3.8, 4) is 11.3 Å². The summed E-state index contributed by atoms with van der Waals surface area (Å²) in [6.07, 6.45) is 4.16. The molecule has 1 heterocycles. The lowest BCUT2D eigenvalue weighted by molar-refractivity contribution is 0.434. The van der Waals surface area contributed by atoms with Gasteiger partial charge in [0.05, 0.1) is 17.5 Å². The highest BCUT2D eigenvalue weighted by Gasteiger charge is 2.38. The summed E-state index contributed by atoms with van der Waals surface area (Å²) >= 11 is 3.46. The molecule has 5 rings (SSSR count). The predicted octanol–water partition coefficient (Wildman–Crippen LogP) is 6.59. The van der Waals surface area contributed by atoms with E-state index in [1.54, 1.807) is 10.8 Å². The first kappa shape index (κ1) is 24.2. The number of aryl methyl sites for hydroxylation is 1. The quantitative estimate of drug-likeness (QED) is 0.212. The Balaban J connectivity index is 1.60. The van der Waals surface area contributed by atoms with Crippen LogP contribution in [-0.4, -0.2) is 15.8 Å². The zero-order valence-corrected chi connectivity index (χ0v) is 22.1. The second-order valence-corrected chi connectivity index (χ2v) is 10.4. The fourth-order valence-corrected chi connectivity index (χ4v) is 5.17. The fraction of sp³-hybridized carbons (Fsp3) is 0.233. The highest BCUT2D eigenvalue weighted by molar-refractivity contribution is 9.10. The van der Waals surface area contributed by atoms with E-state index in [0.717, 1.165) is 46.1 Å². The van der Waals surface area contributed by atoms with Gasteiger partial charge in [-0.1, -0.05) is 96.5 Å². The summed E-state index contributed by atoms with van der Waals surface area (Å²) in [6.45, 7) is 4.85. The number of aromatic nitrogens is 2. The van der Waals surface area contributed by atoms with Gasteiger partial charge in [-0.2, -0.15) is 5.10 Å². The zero-order valence-electron chi connectivity index (χ0n) is 20.5. The average molecular weight is 541 g/mol. The molecule has 0 bridgehead atoms. The van der Waals surface area contributed by atoms with Crippen LogP contribution in [0.1, 0.15) is 42.5 Å². The van der Waals surface area contributed by atoms with Gasteiger partial charge in [0, 0.05) is 22.0 Å². The first-order chi connectivity index (χ1) is 17.5. The van der Waals surface area contributed by atoms with Crippen LogP contribution in [0.2, 0.25) is 0 Å². The smallest absolute Gasteiger partial charge is 0.259 e. The molecule has 1 N–H and O–H groups in total. The Hall–Kier alpha value is -3.51. The van der Waals surface area contributed by atoms with Crippen molar-refractivity contribution in [2.24, 2.45) is 5.10 Å². The molecule has 0 spiro atoms. The van der Waals surface area contributed by atoms with Gasteiger partial charge >= 0.3 is 0 Å². The molecule has 0 aliphatic heterocycles. The van der Waals surface area contributed by atoms with Crippen LogP contribution in [0.4, 0.5) is 5.95 Å². The first-order valence-electron chi connectivity index (χ1n) is 12.3. The van der Waals surface area contributed by atoms with Gasteiger partial charge in [-0.15, -0.1) is 0 Å². The number of fused-ring (bicyclic) bond motifs is 3. The van der Waals surface area contributed by atoms with Crippen LogP contribution in [-0.2, 0) is 24.8 Å². The second-order valence-electron chi connectivity index (χ2n) is 9.52. The largest absolute Gasteiger partial charge is 0.277 e. The Morgan fingerprint density at radius 1 is 1.06 bits per heavy atom. The molecule has 1 aliphatic rings. The van der Waals surface area contributed by atoms with Gasteiger partial charge in [0.25, 0.3) is 5.56 Å². The highest BCUT2D eigenvalue weighted by atomic mass is 79.9. The first-order valence-corrected chi connectivity index (χ1v) is 13.1. The molecular weight excluding hydrogens is 512 g/mol. The molecule has 5 nitrogen and oxygen atoms in total.